The van der Waals surface area contributed by atoms with Crippen LogP contribution >= 0.6 is 0 Å². The molecule has 0 radical (unpaired) electrons. The molecule has 0 saturated heterocycles. The van der Waals surface area contributed by atoms with Gasteiger partial charge < -0.3 is 4.90 Å². The Hall–Kier alpha value is -2.69. The molecule has 3 aromatic rings. The van der Waals surface area contributed by atoms with E-state index in [0.29, 0.717) is 5.56 Å². The van der Waals surface area contributed by atoms with Gasteiger partial charge in [0.1, 0.15) is 5.82 Å². The van der Waals surface area contributed by atoms with Crippen molar-refractivity contribution in [2.75, 3.05) is 6.54 Å². The molecule has 0 bridgehead atoms. The minimum atomic E-state index is 0.103. The van der Waals surface area contributed by atoms with Crippen LogP contribution in [-0.2, 0) is 12.8 Å². The number of hydrogen-bond donors (Lipinski definition) is 0. The van der Waals surface area contributed by atoms with Crippen molar-refractivity contribution in [1.29, 1.82) is 0 Å². The van der Waals surface area contributed by atoms with Crippen LogP contribution in [0, 0.1) is 6.92 Å². The Morgan fingerprint density at radius 3 is 2.81 bits per heavy atom. The molecule has 0 saturated carbocycles. The summed E-state index contributed by atoms with van der Waals surface area (Å²) in [4.78, 5) is 15.4. The van der Waals surface area contributed by atoms with Gasteiger partial charge in [-0.25, -0.2) is 0 Å². The highest BCUT2D eigenvalue weighted by Gasteiger charge is 2.28. The first-order valence-corrected chi connectivity index (χ1v) is 9.36. The highest BCUT2D eigenvalue weighted by Crippen LogP contribution is 2.26. The molecule has 1 aliphatic carbocycles. The molecule has 2 heterocycles. The van der Waals surface area contributed by atoms with Crippen molar-refractivity contribution in [2.24, 2.45) is 0 Å². The Morgan fingerprint density at radius 2 is 2.00 bits per heavy atom. The molecule has 1 atom stereocenters. The number of benzene rings is 1. The van der Waals surface area contributed by atoms with E-state index in [9.17, 15) is 4.79 Å². The lowest BCUT2D eigenvalue weighted by atomic mass is 9.87. The van der Waals surface area contributed by atoms with Crippen LogP contribution in [0.25, 0.3) is 5.65 Å². The lowest BCUT2D eigenvalue weighted by Gasteiger charge is -2.35. The van der Waals surface area contributed by atoms with Gasteiger partial charge in [-0.1, -0.05) is 31.2 Å². The molecule has 1 aromatic carbocycles. The summed E-state index contributed by atoms with van der Waals surface area (Å²) in [6, 6.07) is 12.6. The number of pyridine rings is 1. The number of carbonyl (C=O) groups excluding carboxylic acids is 1. The maximum Gasteiger partial charge on any atom is 0.255 e. The lowest BCUT2D eigenvalue weighted by Crippen LogP contribution is -2.44. The van der Waals surface area contributed by atoms with E-state index in [-0.39, 0.29) is 11.9 Å². The number of nitrogens with zero attached hydrogens (tertiary/aromatic N) is 4. The van der Waals surface area contributed by atoms with Gasteiger partial charge in [0.25, 0.3) is 5.91 Å². The fraction of sp³-hybridized carbons (Fsp3) is 0.381. The summed E-state index contributed by atoms with van der Waals surface area (Å²) in [5.41, 5.74) is 4.28. The standard InChI is InChI=1S/C21H24N4O/c1-3-12-24(19-10-8-16-6-4-5-7-17(16)13-19)21(26)18-9-11-20-23-22-15(2)25(20)14-18/h4-7,9,11,14,19H,3,8,10,12-13H2,1-2H3/t19-/m0/s1. The van der Waals surface area contributed by atoms with E-state index in [2.05, 4.69) is 46.3 Å². The molecule has 2 aromatic heterocycles. The first-order valence-electron chi connectivity index (χ1n) is 9.36. The van der Waals surface area contributed by atoms with Gasteiger partial charge in [-0.2, -0.15) is 0 Å². The third-order valence-corrected chi connectivity index (χ3v) is 5.31. The molecule has 134 valence electrons. The van der Waals surface area contributed by atoms with Crippen LogP contribution in [0.15, 0.2) is 42.6 Å². The molecule has 0 unspecified atom stereocenters. The van der Waals surface area contributed by atoms with Gasteiger partial charge in [0.05, 0.1) is 5.56 Å². The average Bonchev–Trinajstić information content (AvgIpc) is 3.05. The van der Waals surface area contributed by atoms with Crippen molar-refractivity contribution in [3.05, 3.63) is 65.1 Å². The van der Waals surface area contributed by atoms with Crippen LogP contribution in [0.5, 0.6) is 0 Å². The number of fused-ring (bicyclic) bond motifs is 2. The molecule has 0 spiro atoms. The van der Waals surface area contributed by atoms with E-state index >= 15 is 0 Å². The minimum Gasteiger partial charge on any atom is -0.335 e. The van der Waals surface area contributed by atoms with Crippen molar-refractivity contribution < 1.29 is 4.79 Å². The SMILES string of the molecule is CCCN(C(=O)c1ccc2nnc(C)n2c1)[C@H]1CCc2ccccc2C1. The third-order valence-electron chi connectivity index (χ3n) is 5.31. The first-order chi connectivity index (χ1) is 12.7. The molecule has 4 rings (SSSR count). The average molecular weight is 348 g/mol. The zero-order chi connectivity index (χ0) is 18.1. The maximum absolute atomic E-state index is 13.3. The zero-order valence-electron chi connectivity index (χ0n) is 15.4. The van der Waals surface area contributed by atoms with Crippen molar-refractivity contribution in [3.63, 3.8) is 0 Å². The van der Waals surface area contributed by atoms with Crippen LogP contribution in [0.3, 0.4) is 0 Å². The van der Waals surface area contributed by atoms with Gasteiger partial charge in [0, 0.05) is 18.8 Å². The number of carbonyl (C=O) groups is 1. The summed E-state index contributed by atoms with van der Waals surface area (Å²) in [5.74, 6) is 0.898. The van der Waals surface area contributed by atoms with Gasteiger partial charge in [0.2, 0.25) is 0 Å². The number of amides is 1. The van der Waals surface area contributed by atoms with Gasteiger partial charge >= 0.3 is 0 Å². The Labute approximate surface area is 153 Å². The zero-order valence-corrected chi connectivity index (χ0v) is 15.4. The maximum atomic E-state index is 13.3. The minimum absolute atomic E-state index is 0.103. The highest BCUT2D eigenvalue weighted by atomic mass is 16.2. The van der Waals surface area contributed by atoms with E-state index in [4.69, 9.17) is 0 Å². The number of aromatic nitrogens is 3. The third kappa shape index (κ3) is 2.98. The van der Waals surface area contributed by atoms with Crippen LogP contribution in [0.1, 0.15) is 47.1 Å². The second-order valence-corrected chi connectivity index (χ2v) is 7.06. The molecule has 1 amide bonds. The molecule has 5 nitrogen and oxygen atoms in total. The topological polar surface area (TPSA) is 50.5 Å². The van der Waals surface area contributed by atoms with Crippen molar-refractivity contribution in [1.82, 2.24) is 19.5 Å². The lowest BCUT2D eigenvalue weighted by molar-refractivity contribution is 0.0661. The summed E-state index contributed by atoms with van der Waals surface area (Å²) in [5, 5.41) is 8.18. The van der Waals surface area contributed by atoms with Gasteiger partial charge in [0.15, 0.2) is 5.65 Å². The fourth-order valence-electron chi connectivity index (χ4n) is 3.93. The van der Waals surface area contributed by atoms with E-state index < -0.39 is 0 Å². The molecule has 0 fully saturated rings. The number of hydrogen-bond acceptors (Lipinski definition) is 3. The van der Waals surface area contributed by atoms with E-state index in [1.807, 2.05) is 29.7 Å². The Morgan fingerprint density at radius 1 is 1.19 bits per heavy atom. The summed E-state index contributed by atoms with van der Waals surface area (Å²) >= 11 is 0. The number of rotatable bonds is 4. The predicted octanol–water partition coefficient (Wildman–Crippen LogP) is 3.45. The van der Waals surface area contributed by atoms with Crippen molar-refractivity contribution in [3.8, 4) is 0 Å². The summed E-state index contributed by atoms with van der Waals surface area (Å²) in [7, 11) is 0. The summed E-state index contributed by atoms with van der Waals surface area (Å²) < 4.78 is 1.88. The molecule has 5 heteroatoms. The van der Waals surface area contributed by atoms with Gasteiger partial charge in [-0.05, 0) is 55.9 Å². The molecule has 1 aliphatic rings. The Balaban J connectivity index is 1.63. The molecule has 0 aliphatic heterocycles. The van der Waals surface area contributed by atoms with Crippen molar-refractivity contribution in [2.45, 2.75) is 45.6 Å². The van der Waals surface area contributed by atoms with Crippen LogP contribution in [0.4, 0.5) is 0 Å². The molecule has 26 heavy (non-hydrogen) atoms. The monoisotopic (exact) mass is 348 g/mol. The fourth-order valence-corrected chi connectivity index (χ4v) is 3.93. The second-order valence-electron chi connectivity index (χ2n) is 7.06. The summed E-state index contributed by atoms with van der Waals surface area (Å²) in [6.07, 6.45) is 5.83. The van der Waals surface area contributed by atoms with Gasteiger partial charge in [-0.3, -0.25) is 9.20 Å². The van der Waals surface area contributed by atoms with E-state index in [0.717, 1.165) is 43.7 Å². The second kappa shape index (κ2) is 6.90. The Kier molecular flexibility index (Phi) is 4.45. The Bertz CT molecular complexity index is 946. The smallest absolute Gasteiger partial charge is 0.255 e. The molecular weight excluding hydrogens is 324 g/mol. The molecular formula is C21H24N4O. The van der Waals surface area contributed by atoms with Crippen LogP contribution in [-0.4, -0.2) is 38.0 Å². The quantitative estimate of drug-likeness (QED) is 0.726. The summed E-state index contributed by atoms with van der Waals surface area (Å²) in [6.45, 7) is 4.81. The first kappa shape index (κ1) is 16.8. The van der Waals surface area contributed by atoms with Crippen LogP contribution in [0.2, 0.25) is 0 Å². The molecule has 0 N–H and O–H groups in total. The predicted molar refractivity (Wildman–Crippen MR) is 101 cm³/mol. The van der Waals surface area contributed by atoms with Gasteiger partial charge in [-0.15, -0.1) is 10.2 Å². The largest absolute Gasteiger partial charge is 0.335 e. The normalized spacial score (nSPS) is 16.5. The highest BCUT2D eigenvalue weighted by molar-refractivity contribution is 5.94. The van der Waals surface area contributed by atoms with Crippen LogP contribution < -0.4 is 0 Å². The van der Waals surface area contributed by atoms with E-state index in [1.165, 1.54) is 11.1 Å². The van der Waals surface area contributed by atoms with E-state index in [1.54, 1.807) is 0 Å². The van der Waals surface area contributed by atoms with Crippen molar-refractivity contribution >= 4 is 11.6 Å². The number of aryl methyl sites for hydroxylation is 2.